The lowest BCUT2D eigenvalue weighted by Crippen LogP contribution is -2.03. The molecule has 1 N–H and O–H groups in total. The normalized spacial score (nSPS) is 9.12. The standard InChI is InChI=1S/C12H13N3.C2H6/c1-10-7-8-13-12(15-10)14-9-11-5-3-2-4-6-11;1-2/h2-8H,9H2,1H3,(H,13,14,15);1-2H3. The molecule has 2 rings (SSSR count). The maximum absolute atomic E-state index is 4.27. The van der Waals surface area contributed by atoms with Gasteiger partial charge in [-0.3, -0.25) is 0 Å². The summed E-state index contributed by atoms with van der Waals surface area (Å²) >= 11 is 0. The largest absolute Gasteiger partial charge is 0.350 e. The molecule has 1 heterocycles. The van der Waals surface area contributed by atoms with E-state index in [-0.39, 0.29) is 0 Å². The van der Waals surface area contributed by atoms with Crippen LogP contribution >= 0.6 is 0 Å². The second-order valence-corrected chi connectivity index (χ2v) is 3.36. The van der Waals surface area contributed by atoms with E-state index in [2.05, 4.69) is 27.4 Å². The Morgan fingerprint density at radius 2 is 1.76 bits per heavy atom. The number of aryl methyl sites for hydroxylation is 1. The zero-order valence-electron chi connectivity index (χ0n) is 10.6. The fraction of sp³-hybridized carbons (Fsp3) is 0.286. The number of hydrogen-bond acceptors (Lipinski definition) is 3. The fourth-order valence-electron chi connectivity index (χ4n) is 1.31. The van der Waals surface area contributed by atoms with Crippen LogP contribution in [0.25, 0.3) is 0 Å². The van der Waals surface area contributed by atoms with Crippen LogP contribution in [0.5, 0.6) is 0 Å². The quantitative estimate of drug-likeness (QED) is 0.876. The number of hydrogen-bond donors (Lipinski definition) is 1. The molecule has 0 radical (unpaired) electrons. The first kappa shape index (κ1) is 13.2. The summed E-state index contributed by atoms with van der Waals surface area (Å²) in [5.41, 5.74) is 2.20. The Labute approximate surface area is 103 Å². The maximum atomic E-state index is 4.27. The predicted molar refractivity (Wildman–Crippen MR) is 71.9 cm³/mol. The van der Waals surface area contributed by atoms with Gasteiger partial charge in [0.15, 0.2) is 0 Å². The van der Waals surface area contributed by atoms with Gasteiger partial charge in [-0.1, -0.05) is 44.2 Å². The molecule has 0 saturated heterocycles. The zero-order valence-corrected chi connectivity index (χ0v) is 10.6. The maximum Gasteiger partial charge on any atom is 0.223 e. The molecule has 2 aromatic rings. The van der Waals surface area contributed by atoms with E-state index in [0.717, 1.165) is 12.2 Å². The summed E-state index contributed by atoms with van der Waals surface area (Å²) in [6.07, 6.45) is 1.76. The van der Waals surface area contributed by atoms with Crippen molar-refractivity contribution in [3.05, 3.63) is 53.9 Å². The van der Waals surface area contributed by atoms with Crippen molar-refractivity contribution in [1.82, 2.24) is 9.97 Å². The van der Waals surface area contributed by atoms with Crippen LogP contribution in [0.3, 0.4) is 0 Å². The van der Waals surface area contributed by atoms with Crippen LogP contribution in [0.1, 0.15) is 25.1 Å². The van der Waals surface area contributed by atoms with E-state index in [0.29, 0.717) is 5.95 Å². The first-order chi connectivity index (χ1) is 8.34. The third kappa shape index (κ3) is 4.64. The second kappa shape index (κ2) is 7.39. The number of aromatic nitrogens is 2. The van der Waals surface area contributed by atoms with Gasteiger partial charge in [0.2, 0.25) is 5.95 Å². The topological polar surface area (TPSA) is 37.8 Å². The highest BCUT2D eigenvalue weighted by atomic mass is 15.1. The number of rotatable bonds is 3. The monoisotopic (exact) mass is 229 g/mol. The number of nitrogens with one attached hydrogen (secondary N) is 1. The van der Waals surface area contributed by atoms with Crippen molar-refractivity contribution in [1.29, 1.82) is 0 Å². The highest BCUT2D eigenvalue weighted by Gasteiger charge is 1.95. The van der Waals surface area contributed by atoms with Gasteiger partial charge in [0.05, 0.1) is 0 Å². The van der Waals surface area contributed by atoms with Crippen molar-refractivity contribution < 1.29 is 0 Å². The van der Waals surface area contributed by atoms with E-state index in [1.54, 1.807) is 6.20 Å². The molecule has 0 aliphatic carbocycles. The first-order valence-corrected chi connectivity index (χ1v) is 5.92. The van der Waals surface area contributed by atoms with Gasteiger partial charge in [0.25, 0.3) is 0 Å². The van der Waals surface area contributed by atoms with Crippen LogP contribution in [0.15, 0.2) is 42.6 Å². The molecule has 0 fully saturated rings. The van der Waals surface area contributed by atoms with Gasteiger partial charge in [-0.2, -0.15) is 0 Å². The summed E-state index contributed by atoms with van der Waals surface area (Å²) in [6.45, 7) is 6.71. The van der Waals surface area contributed by atoms with Gasteiger partial charge in [-0.05, 0) is 18.6 Å². The Morgan fingerprint density at radius 1 is 1.06 bits per heavy atom. The lowest BCUT2D eigenvalue weighted by molar-refractivity contribution is 1.03. The van der Waals surface area contributed by atoms with Crippen molar-refractivity contribution in [2.24, 2.45) is 0 Å². The smallest absolute Gasteiger partial charge is 0.223 e. The van der Waals surface area contributed by atoms with E-state index in [9.17, 15) is 0 Å². The van der Waals surface area contributed by atoms with Gasteiger partial charge >= 0.3 is 0 Å². The van der Waals surface area contributed by atoms with E-state index >= 15 is 0 Å². The molecule has 1 aromatic carbocycles. The fourth-order valence-corrected chi connectivity index (χ4v) is 1.31. The minimum Gasteiger partial charge on any atom is -0.350 e. The van der Waals surface area contributed by atoms with Crippen LogP contribution in [0, 0.1) is 6.92 Å². The van der Waals surface area contributed by atoms with E-state index in [1.165, 1.54) is 5.56 Å². The van der Waals surface area contributed by atoms with Crippen LogP contribution < -0.4 is 5.32 Å². The zero-order chi connectivity index (χ0) is 12.5. The molecule has 0 aliphatic rings. The predicted octanol–water partition coefficient (Wildman–Crippen LogP) is 3.42. The molecule has 0 saturated carbocycles. The average Bonchev–Trinajstić information content (AvgIpc) is 2.40. The molecule has 17 heavy (non-hydrogen) atoms. The molecular weight excluding hydrogens is 210 g/mol. The third-order valence-electron chi connectivity index (χ3n) is 2.09. The molecule has 90 valence electrons. The van der Waals surface area contributed by atoms with Gasteiger partial charge < -0.3 is 5.32 Å². The van der Waals surface area contributed by atoms with Gasteiger partial charge in [0.1, 0.15) is 0 Å². The van der Waals surface area contributed by atoms with Crippen LogP contribution in [0.2, 0.25) is 0 Å². The summed E-state index contributed by atoms with van der Waals surface area (Å²) in [5, 5.41) is 3.18. The summed E-state index contributed by atoms with van der Waals surface area (Å²) < 4.78 is 0. The molecule has 0 amide bonds. The first-order valence-electron chi connectivity index (χ1n) is 5.92. The molecule has 0 bridgehead atoms. The molecule has 3 nitrogen and oxygen atoms in total. The highest BCUT2D eigenvalue weighted by molar-refractivity contribution is 5.27. The molecule has 3 heteroatoms. The van der Waals surface area contributed by atoms with Crippen LogP contribution in [-0.4, -0.2) is 9.97 Å². The minimum absolute atomic E-state index is 0.679. The van der Waals surface area contributed by atoms with Crippen LogP contribution in [-0.2, 0) is 6.54 Å². The van der Waals surface area contributed by atoms with E-state index < -0.39 is 0 Å². The van der Waals surface area contributed by atoms with Crippen LogP contribution in [0.4, 0.5) is 5.95 Å². The number of nitrogens with zero attached hydrogens (tertiary/aromatic N) is 2. The molecule has 0 aliphatic heterocycles. The molecule has 0 spiro atoms. The Hall–Kier alpha value is -1.90. The number of anilines is 1. The second-order valence-electron chi connectivity index (χ2n) is 3.36. The van der Waals surface area contributed by atoms with Crippen molar-refractivity contribution in [2.45, 2.75) is 27.3 Å². The van der Waals surface area contributed by atoms with Gasteiger partial charge in [0, 0.05) is 18.4 Å². The molecule has 1 aromatic heterocycles. The van der Waals surface area contributed by atoms with Gasteiger partial charge in [-0.15, -0.1) is 0 Å². The Bertz CT molecular complexity index is 426. The lowest BCUT2D eigenvalue weighted by atomic mass is 10.2. The van der Waals surface area contributed by atoms with Gasteiger partial charge in [-0.25, -0.2) is 9.97 Å². The Morgan fingerprint density at radius 3 is 2.41 bits per heavy atom. The average molecular weight is 229 g/mol. The highest BCUT2D eigenvalue weighted by Crippen LogP contribution is 2.03. The van der Waals surface area contributed by atoms with E-state index in [1.807, 2.05) is 45.0 Å². The SMILES string of the molecule is CC.Cc1ccnc(NCc2ccccc2)n1. The number of benzene rings is 1. The van der Waals surface area contributed by atoms with Crippen molar-refractivity contribution in [3.8, 4) is 0 Å². The lowest BCUT2D eigenvalue weighted by Gasteiger charge is -2.04. The molecule has 0 unspecified atom stereocenters. The van der Waals surface area contributed by atoms with E-state index in [4.69, 9.17) is 0 Å². The molecular formula is C14H19N3. The minimum atomic E-state index is 0.679. The third-order valence-corrected chi connectivity index (χ3v) is 2.09. The van der Waals surface area contributed by atoms with Crippen molar-refractivity contribution in [2.75, 3.05) is 5.32 Å². The summed E-state index contributed by atoms with van der Waals surface area (Å²) in [4.78, 5) is 8.40. The molecule has 0 atom stereocenters. The Balaban J connectivity index is 0.000000686. The Kier molecular flexibility index (Phi) is 5.72. The summed E-state index contributed by atoms with van der Waals surface area (Å²) in [5.74, 6) is 0.679. The summed E-state index contributed by atoms with van der Waals surface area (Å²) in [6, 6.07) is 12.1. The van der Waals surface area contributed by atoms with Crippen molar-refractivity contribution >= 4 is 5.95 Å². The summed E-state index contributed by atoms with van der Waals surface area (Å²) in [7, 11) is 0. The van der Waals surface area contributed by atoms with Crippen molar-refractivity contribution in [3.63, 3.8) is 0 Å².